The van der Waals surface area contributed by atoms with Crippen LogP contribution in [-0.2, 0) is 6.42 Å². The lowest BCUT2D eigenvalue weighted by atomic mass is 10.1. The number of hydrogen-bond donors (Lipinski definition) is 2. The number of ether oxygens (including phenoxy) is 3. The Kier molecular flexibility index (Phi) is 11.6. The predicted octanol–water partition coefficient (Wildman–Crippen LogP) is 7.13. The number of nitrogens with zero attached hydrogens (tertiary/aromatic N) is 6. The number of para-hydroxylation sites is 6. The Morgan fingerprint density at radius 2 is 1.12 bits per heavy atom. The summed E-state index contributed by atoms with van der Waals surface area (Å²) < 4.78 is 16.2. The van der Waals surface area contributed by atoms with Gasteiger partial charge < -0.3 is 29.3 Å². The molecule has 1 aliphatic rings. The SMILES string of the molecule is CCc1ccccc1N1CCN(C(=S)Nc2nc3ccccc3nc2OC)CC1.COc1nc2ccccc2nc1NC(=S)Oc1ccccc1. The highest BCUT2D eigenvalue weighted by Crippen LogP contribution is 2.26. The van der Waals surface area contributed by atoms with Gasteiger partial charge in [0.25, 0.3) is 16.9 Å². The molecule has 2 aromatic heterocycles. The minimum Gasteiger partial charge on any atom is -0.478 e. The van der Waals surface area contributed by atoms with E-state index in [0.717, 1.165) is 54.7 Å². The summed E-state index contributed by atoms with van der Waals surface area (Å²) in [5.41, 5.74) is 5.81. The number of nitrogens with one attached hydrogen (secondary N) is 2. The van der Waals surface area contributed by atoms with Gasteiger partial charge in [0.05, 0.1) is 36.3 Å². The molecule has 1 saturated heterocycles. The molecule has 0 spiro atoms. The van der Waals surface area contributed by atoms with Crippen molar-refractivity contribution in [1.82, 2.24) is 24.8 Å². The van der Waals surface area contributed by atoms with Crippen molar-refractivity contribution in [1.29, 1.82) is 0 Å². The van der Waals surface area contributed by atoms with Crippen molar-refractivity contribution in [3.8, 4) is 17.5 Å². The third kappa shape index (κ3) is 8.74. The van der Waals surface area contributed by atoms with Gasteiger partial charge in [0, 0.05) is 31.9 Å². The largest absolute Gasteiger partial charge is 0.478 e. The molecule has 13 heteroatoms. The van der Waals surface area contributed by atoms with E-state index in [1.165, 1.54) is 18.4 Å². The van der Waals surface area contributed by atoms with Crippen molar-refractivity contribution in [3.63, 3.8) is 0 Å². The van der Waals surface area contributed by atoms with Crippen molar-refractivity contribution in [2.45, 2.75) is 13.3 Å². The van der Waals surface area contributed by atoms with Crippen LogP contribution < -0.4 is 29.7 Å². The van der Waals surface area contributed by atoms with Gasteiger partial charge in [-0.05, 0) is 78.9 Å². The first kappa shape index (κ1) is 35.2. The van der Waals surface area contributed by atoms with Gasteiger partial charge in [-0.2, -0.15) is 0 Å². The second-order valence-electron chi connectivity index (χ2n) is 11.4. The van der Waals surface area contributed by atoms with Crippen LogP contribution in [0, 0.1) is 0 Å². The summed E-state index contributed by atoms with van der Waals surface area (Å²) in [6.45, 7) is 5.77. The lowest BCUT2D eigenvalue weighted by Crippen LogP contribution is -2.50. The number of aryl methyl sites for hydroxylation is 1. The number of benzene rings is 4. The quantitative estimate of drug-likeness (QED) is 0.164. The van der Waals surface area contributed by atoms with Crippen molar-refractivity contribution in [3.05, 3.63) is 109 Å². The molecule has 2 N–H and O–H groups in total. The van der Waals surface area contributed by atoms with Crippen LogP contribution in [0.4, 0.5) is 17.3 Å². The molecule has 0 unspecified atom stereocenters. The highest BCUT2D eigenvalue weighted by molar-refractivity contribution is 7.80. The van der Waals surface area contributed by atoms with E-state index in [1.54, 1.807) is 7.11 Å². The summed E-state index contributed by atoms with van der Waals surface area (Å²) >= 11 is 10.9. The van der Waals surface area contributed by atoms with E-state index in [2.05, 4.69) is 71.6 Å². The maximum Gasteiger partial charge on any atom is 0.268 e. The van der Waals surface area contributed by atoms with Crippen LogP contribution in [0.5, 0.6) is 17.5 Å². The molecule has 51 heavy (non-hydrogen) atoms. The lowest BCUT2D eigenvalue weighted by molar-refractivity contribution is 0.388. The number of fused-ring (bicyclic) bond motifs is 2. The monoisotopic (exact) mass is 718 g/mol. The van der Waals surface area contributed by atoms with Crippen LogP contribution in [0.15, 0.2) is 103 Å². The van der Waals surface area contributed by atoms with Crippen molar-refractivity contribution < 1.29 is 14.2 Å². The van der Waals surface area contributed by atoms with Gasteiger partial charge in [-0.15, -0.1) is 0 Å². The molecule has 1 aliphatic heterocycles. The molecule has 1 fully saturated rings. The zero-order valence-electron chi connectivity index (χ0n) is 28.6. The molecule has 0 amide bonds. The molecule has 260 valence electrons. The van der Waals surface area contributed by atoms with Gasteiger partial charge in [0.15, 0.2) is 16.7 Å². The van der Waals surface area contributed by atoms with Crippen LogP contribution in [0.1, 0.15) is 12.5 Å². The number of methoxy groups -OCH3 is 2. The third-order valence-electron chi connectivity index (χ3n) is 8.14. The van der Waals surface area contributed by atoms with E-state index in [-0.39, 0.29) is 5.17 Å². The van der Waals surface area contributed by atoms with E-state index in [1.807, 2.05) is 78.9 Å². The summed E-state index contributed by atoms with van der Waals surface area (Å²) in [5, 5.41) is 6.98. The molecule has 4 aromatic carbocycles. The fourth-order valence-corrected chi connectivity index (χ4v) is 6.05. The topological polar surface area (TPSA) is 110 Å². The highest BCUT2D eigenvalue weighted by Gasteiger charge is 2.22. The van der Waals surface area contributed by atoms with E-state index in [0.29, 0.717) is 34.3 Å². The summed E-state index contributed by atoms with van der Waals surface area (Å²) in [5.74, 6) is 2.42. The van der Waals surface area contributed by atoms with Gasteiger partial charge in [-0.1, -0.05) is 67.6 Å². The Morgan fingerprint density at radius 1 is 0.627 bits per heavy atom. The molecule has 11 nitrogen and oxygen atoms in total. The maximum absolute atomic E-state index is 5.66. The third-order valence-corrected chi connectivity index (χ3v) is 8.69. The van der Waals surface area contributed by atoms with Gasteiger partial charge in [0.2, 0.25) is 0 Å². The smallest absolute Gasteiger partial charge is 0.268 e. The second-order valence-corrected chi connectivity index (χ2v) is 12.1. The zero-order chi connectivity index (χ0) is 35.6. The molecule has 0 radical (unpaired) electrons. The van der Waals surface area contributed by atoms with Crippen molar-refractivity contribution >= 4 is 74.1 Å². The van der Waals surface area contributed by atoms with E-state index in [9.17, 15) is 0 Å². The van der Waals surface area contributed by atoms with Crippen LogP contribution in [0.25, 0.3) is 22.1 Å². The molecule has 0 aliphatic carbocycles. The molecular weight excluding hydrogens is 681 g/mol. The van der Waals surface area contributed by atoms with Crippen LogP contribution in [0.2, 0.25) is 0 Å². The summed E-state index contributed by atoms with van der Waals surface area (Å²) in [6, 6.07) is 33.2. The molecule has 0 atom stereocenters. The van der Waals surface area contributed by atoms with E-state index in [4.69, 9.17) is 38.6 Å². The Balaban J connectivity index is 0.000000183. The van der Waals surface area contributed by atoms with Crippen molar-refractivity contribution in [2.24, 2.45) is 0 Å². The van der Waals surface area contributed by atoms with Crippen LogP contribution >= 0.6 is 24.4 Å². The maximum atomic E-state index is 5.66. The first-order valence-electron chi connectivity index (χ1n) is 16.5. The standard InChI is InChI=1S/C22H25N5OS.C16H13N3O2S/c1-3-16-8-4-7-11-19(16)26-12-14-27(15-13-26)22(29)25-20-21(28-2)24-18-10-6-5-9-17(18)23-20;1-20-15-14(17-12-9-5-6-10-13(12)18-15)19-16(22)21-11-7-3-2-4-8-11/h4-11H,3,12-15H2,1-2H3,(H,23,25,29);2-10H,1H3,(H,17,19,22). The Bertz CT molecular complexity index is 2130. The molecule has 3 heterocycles. The molecule has 0 saturated carbocycles. The van der Waals surface area contributed by atoms with Crippen molar-refractivity contribution in [2.75, 3.05) is 55.9 Å². The van der Waals surface area contributed by atoms with Gasteiger partial charge >= 0.3 is 0 Å². The van der Waals surface area contributed by atoms with Crippen LogP contribution in [-0.4, -0.2) is 75.5 Å². The average Bonchev–Trinajstić information content (AvgIpc) is 3.18. The number of rotatable bonds is 7. The minimum absolute atomic E-state index is 0.175. The molecule has 6 aromatic rings. The Hall–Kier alpha value is -5.66. The normalized spacial score (nSPS) is 12.5. The van der Waals surface area contributed by atoms with Gasteiger partial charge in [-0.3, -0.25) is 5.32 Å². The fourth-order valence-electron chi connectivity index (χ4n) is 5.58. The lowest BCUT2D eigenvalue weighted by Gasteiger charge is -2.38. The summed E-state index contributed by atoms with van der Waals surface area (Å²) in [4.78, 5) is 22.6. The Morgan fingerprint density at radius 3 is 1.67 bits per heavy atom. The number of thiocarbonyl (C=S) groups is 2. The summed E-state index contributed by atoms with van der Waals surface area (Å²) in [7, 11) is 3.13. The van der Waals surface area contributed by atoms with E-state index >= 15 is 0 Å². The highest BCUT2D eigenvalue weighted by atomic mass is 32.1. The zero-order valence-corrected chi connectivity index (χ0v) is 30.2. The number of piperazine rings is 1. The molecule has 7 rings (SSSR count). The predicted molar refractivity (Wildman–Crippen MR) is 211 cm³/mol. The Labute approximate surface area is 307 Å². The molecule has 0 bridgehead atoms. The number of hydrogen-bond acceptors (Lipinski definition) is 10. The minimum atomic E-state index is 0.175. The van der Waals surface area contributed by atoms with Gasteiger partial charge in [-0.25, -0.2) is 19.9 Å². The number of anilines is 3. The number of aromatic nitrogens is 4. The first-order chi connectivity index (χ1) is 24.9. The van der Waals surface area contributed by atoms with E-state index < -0.39 is 0 Å². The summed E-state index contributed by atoms with van der Waals surface area (Å²) in [6.07, 6.45) is 1.04. The fraction of sp³-hybridized carbons (Fsp3) is 0.211. The van der Waals surface area contributed by atoms with Crippen LogP contribution in [0.3, 0.4) is 0 Å². The van der Waals surface area contributed by atoms with Gasteiger partial charge in [0.1, 0.15) is 5.75 Å². The molecular formula is C38H38N8O3S2. The second kappa shape index (κ2) is 16.8. The first-order valence-corrected chi connectivity index (χ1v) is 17.3. The average molecular weight is 719 g/mol.